The molecule has 42 heavy (non-hydrogen) atoms. The van der Waals surface area contributed by atoms with E-state index in [-0.39, 0.29) is 11.7 Å². The van der Waals surface area contributed by atoms with Crippen LogP contribution in [0.15, 0.2) is 79.4 Å². The van der Waals surface area contributed by atoms with E-state index in [1.807, 2.05) is 91.9 Å². The second-order valence-corrected chi connectivity index (χ2v) is 9.39. The summed E-state index contributed by atoms with van der Waals surface area (Å²) in [5.74, 6) is 0.168. The first-order valence-corrected chi connectivity index (χ1v) is 15.7. The molecule has 0 fully saturated rings. The van der Waals surface area contributed by atoms with E-state index in [0.29, 0.717) is 17.6 Å². The summed E-state index contributed by atoms with van der Waals surface area (Å²) in [6.07, 6.45) is 6.05. The maximum absolute atomic E-state index is 12.5. The van der Waals surface area contributed by atoms with Gasteiger partial charge in [0.1, 0.15) is 6.29 Å². The Kier molecular flexibility index (Phi) is 20.0. The van der Waals surface area contributed by atoms with Crippen LogP contribution in [0.3, 0.4) is 0 Å². The number of Topliss-reactive ketones (excluding diaryl/α,β-unsaturated/α-hetero) is 1. The van der Waals surface area contributed by atoms with Crippen molar-refractivity contribution >= 4 is 28.9 Å². The fourth-order valence-electron chi connectivity index (χ4n) is 4.42. The quantitative estimate of drug-likeness (QED) is 0.134. The standard InChI is InChI=1S/C33H37NO2.3C2H6/c1-6-7-12-33(36)29-14-13-23(2)31(21-29)30(22-35)20-25(4)27-17-15-26(16-18-27)24(3)19-28-10-8-9-11-32(28)34-5;3*1-2/h8-11,13-18,20-22,25,34H,3,6-7,12,19H2,1-2,4-5H3;3*1-2H3/b30-20+;;;. The highest BCUT2D eigenvalue weighted by Gasteiger charge is 2.13. The van der Waals surface area contributed by atoms with Gasteiger partial charge in [-0.1, -0.05) is 129 Å². The van der Waals surface area contributed by atoms with E-state index in [0.717, 1.165) is 59.1 Å². The Hall–Kier alpha value is -3.72. The molecule has 3 heteroatoms. The molecular formula is C39H55NO2. The fraction of sp³-hybridized carbons (Fsp3) is 0.385. The van der Waals surface area contributed by atoms with Crippen molar-refractivity contribution in [2.45, 2.75) is 93.9 Å². The second-order valence-electron chi connectivity index (χ2n) is 9.39. The molecule has 1 atom stereocenters. The molecule has 3 aromatic rings. The minimum absolute atomic E-state index is 0.0383. The van der Waals surface area contributed by atoms with Crippen molar-refractivity contribution in [1.82, 2.24) is 0 Å². The molecule has 0 aliphatic rings. The summed E-state index contributed by atoms with van der Waals surface area (Å²) in [5, 5.41) is 3.24. The zero-order chi connectivity index (χ0) is 32.1. The van der Waals surface area contributed by atoms with Gasteiger partial charge in [-0.15, -0.1) is 0 Å². The average molecular weight is 570 g/mol. The molecule has 0 aliphatic carbocycles. The number of ketones is 1. The normalized spacial score (nSPS) is 10.9. The first-order valence-electron chi connectivity index (χ1n) is 15.7. The van der Waals surface area contributed by atoms with Crippen LogP contribution in [0.4, 0.5) is 5.69 Å². The van der Waals surface area contributed by atoms with E-state index in [1.165, 1.54) is 5.56 Å². The summed E-state index contributed by atoms with van der Waals surface area (Å²) in [7, 11) is 1.93. The van der Waals surface area contributed by atoms with Gasteiger partial charge in [-0.05, 0) is 71.2 Å². The second kappa shape index (κ2) is 22.0. The van der Waals surface area contributed by atoms with Crippen molar-refractivity contribution in [3.8, 4) is 0 Å². The number of unbranched alkanes of at least 4 members (excludes halogenated alkanes) is 1. The number of carbonyl (C=O) groups is 2. The Morgan fingerprint density at radius 1 is 0.905 bits per heavy atom. The largest absolute Gasteiger partial charge is 0.388 e. The third kappa shape index (κ3) is 11.6. The van der Waals surface area contributed by atoms with E-state index < -0.39 is 0 Å². The smallest absolute Gasteiger partial charge is 0.162 e. The highest BCUT2D eigenvalue weighted by molar-refractivity contribution is 6.08. The third-order valence-electron chi connectivity index (χ3n) is 6.72. The van der Waals surface area contributed by atoms with Crippen LogP contribution in [0.1, 0.15) is 119 Å². The molecule has 0 bridgehead atoms. The molecule has 0 heterocycles. The van der Waals surface area contributed by atoms with Gasteiger partial charge in [0.25, 0.3) is 0 Å². The summed E-state index contributed by atoms with van der Waals surface area (Å²) in [5.41, 5.74) is 8.71. The molecular weight excluding hydrogens is 514 g/mol. The van der Waals surface area contributed by atoms with E-state index in [4.69, 9.17) is 0 Å². The number of nitrogens with one attached hydrogen (secondary N) is 1. The van der Waals surface area contributed by atoms with Gasteiger partial charge in [0, 0.05) is 30.3 Å². The molecule has 0 amide bonds. The first kappa shape index (κ1) is 38.3. The highest BCUT2D eigenvalue weighted by Crippen LogP contribution is 2.28. The SMILES string of the molecule is C=C(Cc1ccccc1NC)c1ccc(C(C)/C=C(\C=O)c2cc(C(=O)CCCC)ccc2C)cc1.CC.CC.CC. The minimum Gasteiger partial charge on any atom is -0.388 e. The van der Waals surface area contributed by atoms with E-state index in [9.17, 15) is 9.59 Å². The number of aldehydes is 1. The Labute approximate surface area is 257 Å². The first-order chi connectivity index (χ1) is 20.4. The lowest BCUT2D eigenvalue weighted by Crippen LogP contribution is -2.02. The average Bonchev–Trinajstić information content (AvgIpc) is 3.05. The van der Waals surface area contributed by atoms with Gasteiger partial charge >= 0.3 is 0 Å². The van der Waals surface area contributed by atoms with E-state index >= 15 is 0 Å². The summed E-state index contributed by atoms with van der Waals surface area (Å²) < 4.78 is 0. The third-order valence-corrected chi connectivity index (χ3v) is 6.72. The molecule has 0 saturated carbocycles. The van der Waals surface area contributed by atoms with Crippen molar-refractivity contribution in [2.24, 2.45) is 0 Å². The minimum atomic E-state index is 0.0383. The van der Waals surface area contributed by atoms with Crippen LogP contribution in [0.2, 0.25) is 0 Å². The summed E-state index contributed by atoms with van der Waals surface area (Å²) in [6, 6.07) is 22.3. The molecule has 0 aliphatic heterocycles. The number of para-hydroxylation sites is 1. The molecule has 1 unspecified atom stereocenters. The van der Waals surface area contributed by atoms with Gasteiger partial charge in [-0.3, -0.25) is 9.59 Å². The summed E-state index contributed by atoms with van der Waals surface area (Å²) >= 11 is 0. The van der Waals surface area contributed by atoms with Crippen LogP contribution in [0.25, 0.3) is 11.1 Å². The number of aryl methyl sites for hydroxylation is 1. The van der Waals surface area contributed by atoms with Crippen molar-refractivity contribution in [3.05, 3.63) is 113 Å². The van der Waals surface area contributed by atoms with Gasteiger partial charge in [0.15, 0.2) is 5.78 Å². The number of carbonyl (C=O) groups excluding carboxylic acids is 2. The zero-order valence-corrected chi connectivity index (χ0v) is 27.9. The summed E-state index contributed by atoms with van der Waals surface area (Å²) in [4.78, 5) is 24.6. The fourth-order valence-corrected chi connectivity index (χ4v) is 4.42. The lowest BCUT2D eigenvalue weighted by molar-refractivity contribution is -0.103. The van der Waals surface area contributed by atoms with Crippen molar-refractivity contribution in [3.63, 3.8) is 0 Å². The van der Waals surface area contributed by atoms with Gasteiger partial charge in [-0.2, -0.15) is 0 Å². The van der Waals surface area contributed by atoms with Crippen LogP contribution in [0, 0.1) is 6.92 Å². The molecule has 228 valence electrons. The molecule has 3 rings (SSSR count). The van der Waals surface area contributed by atoms with Crippen molar-refractivity contribution in [2.75, 3.05) is 12.4 Å². The maximum Gasteiger partial charge on any atom is 0.162 e. The Morgan fingerprint density at radius 3 is 2.07 bits per heavy atom. The summed E-state index contributed by atoms with van der Waals surface area (Å²) in [6.45, 7) is 22.4. The lowest BCUT2D eigenvalue weighted by Gasteiger charge is -2.14. The van der Waals surface area contributed by atoms with Gasteiger partial charge in [0.2, 0.25) is 0 Å². The lowest BCUT2D eigenvalue weighted by atomic mass is 9.91. The Bertz CT molecular complexity index is 1250. The number of rotatable bonds is 12. The molecule has 3 aromatic carbocycles. The van der Waals surface area contributed by atoms with E-state index in [2.05, 4.69) is 62.1 Å². The molecule has 0 aromatic heterocycles. The van der Waals surface area contributed by atoms with E-state index in [1.54, 1.807) is 0 Å². The van der Waals surface area contributed by atoms with Crippen LogP contribution < -0.4 is 5.32 Å². The Balaban J connectivity index is 0.00000263. The molecule has 1 N–H and O–H groups in total. The number of hydrogen-bond acceptors (Lipinski definition) is 3. The monoisotopic (exact) mass is 569 g/mol. The van der Waals surface area contributed by atoms with Crippen LogP contribution in [0.5, 0.6) is 0 Å². The molecule has 0 spiro atoms. The zero-order valence-electron chi connectivity index (χ0n) is 27.9. The Morgan fingerprint density at radius 2 is 1.50 bits per heavy atom. The van der Waals surface area contributed by atoms with Gasteiger partial charge < -0.3 is 5.32 Å². The van der Waals surface area contributed by atoms with Crippen LogP contribution >= 0.6 is 0 Å². The maximum atomic E-state index is 12.5. The molecule has 0 saturated heterocycles. The topological polar surface area (TPSA) is 46.2 Å². The van der Waals surface area contributed by atoms with Crippen LogP contribution in [-0.4, -0.2) is 19.1 Å². The molecule has 0 radical (unpaired) electrons. The van der Waals surface area contributed by atoms with Gasteiger partial charge in [-0.25, -0.2) is 0 Å². The van der Waals surface area contributed by atoms with Gasteiger partial charge in [0.05, 0.1) is 0 Å². The number of hydrogen-bond donors (Lipinski definition) is 1. The number of benzene rings is 3. The number of allylic oxidation sites excluding steroid dienone is 3. The predicted molar refractivity (Wildman–Crippen MR) is 187 cm³/mol. The van der Waals surface area contributed by atoms with Crippen molar-refractivity contribution in [1.29, 1.82) is 0 Å². The highest BCUT2D eigenvalue weighted by atomic mass is 16.1. The molecule has 3 nitrogen and oxygen atoms in total. The van der Waals surface area contributed by atoms with Crippen molar-refractivity contribution < 1.29 is 9.59 Å². The van der Waals surface area contributed by atoms with Crippen LogP contribution in [-0.2, 0) is 11.2 Å². The number of anilines is 1. The predicted octanol–water partition coefficient (Wildman–Crippen LogP) is 11.1.